The van der Waals surface area contributed by atoms with Crippen molar-refractivity contribution in [2.75, 3.05) is 6.61 Å². The number of carboxylic acid groups (broad SMARTS) is 1. The van der Waals surface area contributed by atoms with Crippen molar-refractivity contribution in [2.24, 2.45) is 0 Å². The normalized spacial score (nSPS) is 11.9. The van der Waals surface area contributed by atoms with Gasteiger partial charge in [0.1, 0.15) is 11.3 Å². The second kappa shape index (κ2) is 6.02. The smallest absolute Gasteiger partial charge is 0.416 e. The van der Waals surface area contributed by atoms with Gasteiger partial charge in [-0.05, 0) is 38.1 Å². The molecule has 0 fully saturated rings. The maximum absolute atomic E-state index is 12.3. The predicted molar refractivity (Wildman–Crippen MR) is 66.8 cm³/mol. The number of alkyl halides is 3. The molecule has 1 rings (SSSR count). The zero-order chi connectivity index (χ0) is 16.3. The van der Waals surface area contributed by atoms with Gasteiger partial charge in [0, 0.05) is 0 Å². The summed E-state index contributed by atoms with van der Waals surface area (Å²) in [4.78, 5) is 22.3. The summed E-state index contributed by atoms with van der Waals surface area (Å²) >= 11 is 0. The van der Waals surface area contributed by atoms with E-state index in [1.165, 1.54) is 13.8 Å². The van der Waals surface area contributed by atoms with E-state index in [0.29, 0.717) is 0 Å². The number of hydrogen-bond acceptors (Lipinski definition) is 3. The van der Waals surface area contributed by atoms with Crippen LogP contribution in [0.15, 0.2) is 24.3 Å². The molecule has 0 radical (unpaired) electrons. The first-order chi connectivity index (χ1) is 9.52. The maximum atomic E-state index is 12.3. The van der Waals surface area contributed by atoms with E-state index in [4.69, 9.17) is 9.84 Å². The molecule has 0 saturated heterocycles. The number of halogens is 3. The highest BCUT2D eigenvalue weighted by Crippen LogP contribution is 2.30. The number of carboxylic acids is 1. The molecule has 116 valence electrons. The van der Waals surface area contributed by atoms with Crippen molar-refractivity contribution in [1.29, 1.82) is 0 Å². The van der Waals surface area contributed by atoms with Crippen LogP contribution in [0.1, 0.15) is 19.4 Å². The van der Waals surface area contributed by atoms with Gasteiger partial charge < -0.3 is 15.2 Å². The first kappa shape index (κ1) is 16.8. The zero-order valence-electron chi connectivity index (χ0n) is 11.3. The van der Waals surface area contributed by atoms with Crippen LogP contribution in [0.25, 0.3) is 0 Å². The molecule has 0 saturated carbocycles. The topological polar surface area (TPSA) is 75.6 Å². The van der Waals surface area contributed by atoms with Crippen LogP contribution in [0.5, 0.6) is 5.75 Å². The van der Waals surface area contributed by atoms with Gasteiger partial charge >= 0.3 is 12.1 Å². The number of ether oxygens (including phenoxy) is 1. The predicted octanol–water partition coefficient (Wildman–Crippen LogP) is 2.06. The highest BCUT2D eigenvalue weighted by molar-refractivity contribution is 5.86. The third-order valence-electron chi connectivity index (χ3n) is 2.54. The number of nitrogens with one attached hydrogen (secondary N) is 1. The van der Waals surface area contributed by atoms with Crippen molar-refractivity contribution >= 4 is 11.9 Å². The molecular weight excluding hydrogens is 291 g/mol. The fourth-order valence-electron chi connectivity index (χ4n) is 1.33. The van der Waals surface area contributed by atoms with E-state index in [1.807, 2.05) is 0 Å². The van der Waals surface area contributed by atoms with E-state index >= 15 is 0 Å². The molecule has 0 aliphatic heterocycles. The highest BCUT2D eigenvalue weighted by atomic mass is 19.4. The van der Waals surface area contributed by atoms with Gasteiger partial charge in [0.2, 0.25) is 0 Å². The van der Waals surface area contributed by atoms with Crippen LogP contribution in [0.2, 0.25) is 0 Å². The minimum absolute atomic E-state index is 0.0753. The lowest BCUT2D eigenvalue weighted by Crippen LogP contribution is -2.51. The summed E-state index contributed by atoms with van der Waals surface area (Å²) in [6, 6.07) is 3.82. The Balaban J connectivity index is 2.56. The highest BCUT2D eigenvalue weighted by Gasteiger charge is 2.30. The molecule has 0 aliphatic carbocycles. The van der Waals surface area contributed by atoms with E-state index in [0.717, 1.165) is 24.3 Å². The van der Waals surface area contributed by atoms with Gasteiger partial charge in [-0.3, -0.25) is 4.79 Å². The van der Waals surface area contributed by atoms with Gasteiger partial charge in [-0.1, -0.05) is 0 Å². The fraction of sp³-hybridized carbons (Fsp3) is 0.385. The Hall–Kier alpha value is -2.25. The largest absolute Gasteiger partial charge is 0.484 e. The van der Waals surface area contributed by atoms with Crippen molar-refractivity contribution in [2.45, 2.75) is 25.6 Å². The summed E-state index contributed by atoms with van der Waals surface area (Å²) in [5, 5.41) is 11.0. The molecule has 0 aromatic heterocycles. The quantitative estimate of drug-likeness (QED) is 0.873. The van der Waals surface area contributed by atoms with Crippen LogP contribution in [-0.4, -0.2) is 29.1 Å². The molecule has 5 nitrogen and oxygen atoms in total. The SMILES string of the molecule is CC(C)(NC(=O)COc1ccc(C(F)(F)F)cc1)C(=O)O. The molecule has 2 N–H and O–H groups in total. The monoisotopic (exact) mass is 305 g/mol. The Morgan fingerprint density at radius 3 is 2.14 bits per heavy atom. The summed E-state index contributed by atoms with van der Waals surface area (Å²) in [5.74, 6) is -1.83. The number of aliphatic carboxylic acids is 1. The lowest BCUT2D eigenvalue weighted by Gasteiger charge is -2.20. The van der Waals surface area contributed by atoms with E-state index in [-0.39, 0.29) is 5.75 Å². The average Bonchev–Trinajstić information content (AvgIpc) is 2.35. The molecule has 1 aromatic carbocycles. The molecular formula is C13H14F3NO4. The standard InChI is InChI=1S/C13H14F3NO4/c1-12(2,11(19)20)17-10(18)7-21-9-5-3-8(4-6-9)13(14,15)16/h3-6H,7H2,1-2H3,(H,17,18)(H,19,20). The first-order valence-electron chi connectivity index (χ1n) is 5.87. The van der Waals surface area contributed by atoms with Crippen molar-refractivity contribution in [1.82, 2.24) is 5.32 Å². The molecule has 8 heteroatoms. The Kier molecular flexibility index (Phi) is 4.82. The molecule has 0 atom stereocenters. The van der Waals surface area contributed by atoms with Gasteiger partial charge in [-0.15, -0.1) is 0 Å². The Morgan fingerprint density at radius 1 is 1.19 bits per heavy atom. The Bertz CT molecular complexity index is 523. The summed E-state index contributed by atoms with van der Waals surface area (Å²) in [7, 11) is 0. The number of amides is 1. The van der Waals surface area contributed by atoms with Crippen LogP contribution in [0.4, 0.5) is 13.2 Å². The summed E-state index contributed by atoms with van der Waals surface area (Å²) in [6.45, 7) is 2.10. The van der Waals surface area contributed by atoms with E-state index in [9.17, 15) is 22.8 Å². The molecule has 21 heavy (non-hydrogen) atoms. The average molecular weight is 305 g/mol. The third-order valence-corrected chi connectivity index (χ3v) is 2.54. The summed E-state index contributed by atoms with van der Waals surface area (Å²) in [5.41, 5.74) is -2.29. The molecule has 0 heterocycles. The van der Waals surface area contributed by atoms with Crippen LogP contribution in [0.3, 0.4) is 0 Å². The maximum Gasteiger partial charge on any atom is 0.416 e. The van der Waals surface area contributed by atoms with Crippen molar-refractivity contribution in [3.63, 3.8) is 0 Å². The first-order valence-corrected chi connectivity index (χ1v) is 5.87. The number of carbonyl (C=O) groups excluding carboxylic acids is 1. The van der Waals surface area contributed by atoms with Gasteiger partial charge in [0.15, 0.2) is 6.61 Å². The Morgan fingerprint density at radius 2 is 1.71 bits per heavy atom. The third kappa shape index (κ3) is 4.97. The Labute approximate surface area is 118 Å². The van der Waals surface area contributed by atoms with Gasteiger partial charge in [0.05, 0.1) is 5.56 Å². The summed E-state index contributed by atoms with van der Waals surface area (Å²) < 4.78 is 42.0. The molecule has 0 spiro atoms. The second-order valence-corrected chi connectivity index (χ2v) is 4.79. The van der Waals surface area contributed by atoms with E-state index in [1.54, 1.807) is 0 Å². The van der Waals surface area contributed by atoms with Crippen LogP contribution < -0.4 is 10.1 Å². The number of carbonyl (C=O) groups is 2. The van der Waals surface area contributed by atoms with Gasteiger partial charge in [-0.25, -0.2) is 4.79 Å². The lowest BCUT2D eigenvalue weighted by molar-refractivity contribution is -0.146. The lowest BCUT2D eigenvalue weighted by atomic mass is 10.1. The number of rotatable bonds is 5. The number of hydrogen-bond donors (Lipinski definition) is 2. The molecule has 1 amide bonds. The van der Waals surface area contributed by atoms with Crippen LogP contribution in [0, 0.1) is 0 Å². The van der Waals surface area contributed by atoms with Crippen molar-refractivity contribution in [3.05, 3.63) is 29.8 Å². The van der Waals surface area contributed by atoms with E-state index in [2.05, 4.69) is 5.32 Å². The fourth-order valence-corrected chi connectivity index (χ4v) is 1.33. The second-order valence-electron chi connectivity index (χ2n) is 4.79. The van der Waals surface area contributed by atoms with Crippen LogP contribution in [-0.2, 0) is 15.8 Å². The summed E-state index contributed by atoms with van der Waals surface area (Å²) in [6.07, 6.45) is -4.44. The minimum Gasteiger partial charge on any atom is -0.484 e. The van der Waals surface area contributed by atoms with Gasteiger partial charge in [-0.2, -0.15) is 13.2 Å². The van der Waals surface area contributed by atoms with Crippen LogP contribution >= 0.6 is 0 Å². The molecule has 1 aromatic rings. The molecule has 0 aliphatic rings. The van der Waals surface area contributed by atoms with E-state index < -0.39 is 35.8 Å². The van der Waals surface area contributed by atoms with Crippen molar-refractivity contribution < 1.29 is 32.6 Å². The van der Waals surface area contributed by atoms with Gasteiger partial charge in [0.25, 0.3) is 5.91 Å². The molecule has 0 unspecified atom stereocenters. The molecule has 0 bridgehead atoms. The minimum atomic E-state index is -4.44. The van der Waals surface area contributed by atoms with Crippen molar-refractivity contribution in [3.8, 4) is 5.75 Å². The zero-order valence-corrected chi connectivity index (χ0v) is 11.3. The number of benzene rings is 1.